The number of hydrogen-bond donors (Lipinski definition) is 1. The maximum absolute atomic E-state index is 5.71. The monoisotopic (exact) mass is 141 g/mol. The van der Waals surface area contributed by atoms with E-state index in [1.54, 1.807) is 0 Å². The molecule has 2 aliphatic rings. The Morgan fingerprint density at radius 3 is 3.00 bits per heavy atom. The van der Waals surface area contributed by atoms with Gasteiger partial charge in [0.25, 0.3) is 0 Å². The van der Waals surface area contributed by atoms with E-state index in [9.17, 15) is 0 Å². The van der Waals surface area contributed by atoms with Gasteiger partial charge in [-0.1, -0.05) is 6.42 Å². The predicted molar refractivity (Wildman–Crippen MR) is 39.7 cm³/mol. The van der Waals surface area contributed by atoms with Gasteiger partial charge in [-0.15, -0.1) is 0 Å². The van der Waals surface area contributed by atoms with Crippen LogP contribution in [0.5, 0.6) is 0 Å². The van der Waals surface area contributed by atoms with E-state index < -0.39 is 0 Å². The standard InChI is InChI=1S/C8H15NO/c9-5-7-4-6-2-1-3-8(6)10-7/h6-8H,1-5,9H2/t6-,7-,8+/m0/s1. The van der Waals surface area contributed by atoms with Gasteiger partial charge in [-0.2, -0.15) is 0 Å². The zero-order valence-corrected chi connectivity index (χ0v) is 6.25. The molecule has 0 amide bonds. The molecule has 2 fully saturated rings. The summed E-state index contributed by atoms with van der Waals surface area (Å²) in [5.74, 6) is 0.855. The molecule has 0 aromatic rings. The Balaban J connectivity index is 1.94. The first-order chi connectivity index (χ1) is 4.90. The molecule has 0 aromatic carbocycles. The molecule has 2 rings (SSSR count). The van der Waals surface area contributed by atoms with Crippen LogP contribution < -0.4 is 5.73 Å². The molecule has 0 aromatic heterocycles. The number of nitrogens with two attached hydrogens (primary N) is 1. The van der Waals surface area contributed by atoms with Gasteiger partial charge in [0.15, 0.2) is 0 Å². The van der Waals surface area contributed by atoms with Crippen molar-refractivity contribution in [2.75, 3.05) is 6.54 Å². The fourth-order valence-corrected chi connectivity index (χ4v) is 2.24. The third-order valence-electron chi connectivity index (χ3n) is 2.79. The van der Waals surface area contributed by atoms with E-state index in [2.05, 4.69) is 0 Å². The molecule has 1 aliphatic heterocycles. The van der Waals surface area contributed by atoms with Gasteiger partial charge >= 0.3 is 0 Å². The summed E-state index contributed by atoms with van der Waals surface area (Å²) in [5, 5.41) is 0. The second-order valence-electron chi connectivity index (χ2n) is 3.46. The number of fused-ring (bicyclic) bond motifs is 1. The molecule has 0 unspecified atom stereocenters. The summed E-state index contributed by atoms with van der Waals surface area (Å²) >= 11 is 0. The third-order valence-corrected chi connectivity index (χ3v) is 2.79. The molecule has 3 atom stereocenters. The van der Waals surface area contributed by atoms with E-state index in [0.29, 0.717) is 18.8 Å². The van der Waals surface area contributed by atoms with Crippen LogP contribution in [0.2, 0.25) is 0 Å². The molecule has 1 heterocycles. The van der Waals surface area contributed by atoms with Gasteiger partial charge in [0.05, 0.1) is 12.2 Å². The van der Waals surface area contributed by atoms with Gasteiger partial charge in [0.2, 0.25) is 0 Å². The maximum atomic E-state index is 5.71. The third kappa shape index (κ3) is 0.956. The average Bonchev–Trinajstić information content (AvgIpc) is 2.42. The quantitative estimate of drug-likeness (QED) is 0.589. The minimum atomic E-state index is 0.385. The number of ether oxygens (including phenoxy) is 1. The van der Waals surface area contributed by atoms with Gasteiger partial charge in [-0.25, -0.2) is 0 Å². The van der Waals surface area contributed by atoms with E-state index in [4.69, 9.17) is 10.5 Å². The molecule has 10 heavy (non-hydrogen) atoms. The summed E-state index contributed by atoms with van der Waals surface area (Å²) in [6, 6.07) is 0. The number of rotatable bonds is 1. The Morgan fingerprint density at radius 1 is 1.40 bits per heavy atom. The van der Waals surface area contributed by atoms with E-state index in [1.165, 1.54) is 25.7 Å². The van der Waals surface area contributed by atoms with Crippen molar-refractivity contribution in [2.24, 2.45) is 11.7 Å². The molecule has 2 N–H and O–H groups in total. The van der Waals surface area contributed by atoms with Crippen LogP contribution in [0.25, 0.3) is 0 Å². The van der Waals surface area contributed by atoms with Crippen molar-refractivity contribution in [3.05, 3.63) is 0 Å². The normalized spacial score (nSPS) is 45.9. The zero-order valence-electron chi connectivity index (χ0n) is 6.25. The SMILES string of the molecule is NC[C@@H]1C[C@@H]2CCC[C@H]2O1. The van der Waals surface area contributed by atoms with Crippen LogP contribution in [0.1, 0.15) is 25.7 Å². The summed E-state index contributed by atoms with van der Waals surface area (Å²) in [6.07, 6.45) is 6.21. The highest BCUT2D eigenvalue weighted by Gasteiger charge is 2.37. The largest absolute Gasteiger partial charge is 0.373 e. The Labute approximate surface area is 61.7 Å². The topological polar surface area (TPSA) is 35.2 Å². The Bertz CT molecular complexity index is 114. The number of hydrogen-bond acceptors (Lipinski definition) is 2. The predicted octanol–water partition coefficient (Wildman–Crippen LogP) is 0.903. The van der Waals surface area contributed by atoms with Crippen molar-refractivity contribution in [3.8, 4) is 0 Å². The van der Waals surface area contributed by atoms with Crippen LogP contribution in [0.3, 0.4) is 0 Å². The minimum absolute atomic E-state index is 0.385. The molecule has 1 aliphatic carbocycles. The summed E-state index contributed by atoms with van der Waals surface area (Å²) < 4.78 is 5.71. The molecule has 0 radical (unpaired) electrons. The van der Waals surface area contributed by atoms with Gasteiger partial charge in [-0.3, -0.25) is 0 Å². The van der Waals surface area contributed by atoms with Crippen LogP contribution >= 0.6 is 0 Å². The van der Waals surface area contributed by atoms with Crippen molar-refractivity contribution in [3.63, 3.8) is 0 Å². The fraction of sp³-hybridized carbons (Fsp3) is 1.00. The molecular formula is C8H15NO. The molecule has 1 saturated heterocycles. The van der Waals surface area contributed by atoms with Crippen LogP contribution in [-0.4, -0.2) is 18.8 Å². The second-order valence-corrected chi connectivity index (χ2v) is 3.46. The van der Waals surface area contributed by atoms with Crippen molar-refractivity contribution in [1.82, 2.24) is 0 Å². The Hall–Kier alpha value is -0.0800. The first-order valence-electron chi connectivity index (χ1n) is 4.25. The van der Waals surface area contributed by atoms with E-state index in [0.717, 1.165) is 5.92 Å². The van der Waals surface area contributed by atoms with Gasteiger partial charge in [0, 0.05) is 6.54 Å². The van der Waals surface area contributed by atoms with E-state index >= 15 is 0 Å². The van der Waals surface area contributed by atoms with Gasteiger partial charge in [0.1, 0.15) is 0 Å². The Morgan fingerprint density at radius 2 is 2.30 bits per heavy atom. The summed E-state index contributed by atoms with van der Waals surface area (Å²) in [5.41, 5.74) is 5.51. The highest BCUT2D eigenvalue weighted by Crippen LogP contribution is 2.38. The van der Waals surface area contributed by atoms with E-state index in [-0.39, 0.29) is 0 Å². The summed E-state index contributed by atoms with van der Waals surface area (Å²) in [6.45, 7) is 0.715. The molecule has 2 heteroatoms. The lowest BCUT2D eigenvalue weighted by molar-refractivity contribution is 0.0460. The van der Waals surface area contributed by atoms with Crippen LogP contribution in [0.15, 0.2) is 0 Å². The van der Waals surface area contributed by atoms with Crippen LogP contribution in [0.4, 0.5) is 0 Å². The lowest BCUT2D eigenvalue weighted by Crippen LogP contribution is -2.20. The lowest BCUT2D eigenvalue weighted by atomic mass is 10.0. The zero-order chi connectivity index (χ0) is 6.97. The van der Waals surface area contributed by atoms with Crippen LogP contribution in [-0.2, 0) is 4.74 Å². The molecule has 0 spiro atoms. The Kier molecular flexibility index (Phi) is 1.66. The van der Waals surface area contributed by atoms with Crippen molar-refractivity contribution in [1.29, 1.82) is 0 Å². The molecule has 2 nitrogen and oxygen atoms in total. The van der Waals surface area contributed by atoms with Crippen molar-refractivity contribution >= 4 is 0 Å². The molecular weight excluding hydrogens is 126 g/mol. The van der Waals surface area contributed by atoms with E-state index in [1.807, 2.05) is 0 Å². The molecule has 1 saturated carbocycles. The van der Waals surface area contributed by atoms with Gasteiger partial charge < -0.3 is 10.5 Å². The first-order valence-corrected chi connectivity index (χ1v) is 4.25. The summed E-state index contributed by atoms with van der Waals surface area (Å²) in [7, 11) is 0. The van der Waals surface area contributed by atoms with Crippen LogP contribution in [0, 0.1) is 5.92 Å². The highest BCUT2D eigenvalue weighted by molar-refractivity contribution is 4.87. The van der Waals surface area contributed by atoms with Crippen molar-refractivity contribution < 1.29 is 4.74 Å². The second kappa shape index (κ2) is 2.51. The van der Waals surface area contributed by atoms with Crippen molar-refractivity contribution in [2.45, 2.75) is 37.9 Å². The highest BCUT2D eigenvalue weighted by atomic mass is 16.5. The smallest absolute Gasteiger partial charge is 0.0704 e. The maximum Gasteiger partial charge on any atom is 0.0704 e. The lowest BCUT2D eigenvalue weighted by Gasteiger charge is -2.08. The first kappa shape index (κ1) is 6.62. The summed E-state index contributed by atoms with van der Waals surface area (Å²) in [4.78, 5) is 0. The fourth-order valence-electron chi connectivity index (χ4n) is 2.24. The van der Waals surface area contributed by atoms with Gasteiger partial charge in [-0.05, 0) is 25.2 Å². The molecule has 58 valence electrons. The molecule has 0 bridgehead atoms. The minimum Gasteiger partial charge on any atom is -0.373 e. The average molecular weight is 141 g/mol.